The molecule has 0 unspecified atom stereocenters. The Morgan fingerprint density at radius 2 is 2.19 bits per heavy atom. The van der Waals surface area contributed by atoms with E-state index >= 15 is 0 Å². The number of nitrogens with two attached hydrogens (primary N) is 2. The summed E-state index contributed by atoms with van der Waals surface area (Å²) in [5.74, 6) is -1.18. The van der Waals surface area contributed by atoms with Crippen LogP contribution in [-0.4, -0.2) is 40.5 Å². The molecule has 16 heavy (non-hydrogen) atoms. The highest BCUT2D eigenvalue weighted by atomic mass is 16.5. The third-order valence-corrected chi connectivity index (χ3v) is 1.90. The van der Waals surface area contributed by atoms with Crippen molar-refractivity contribution in [1.82, 2.24) is 15.0 Å². The molecule has 0 spiro atoms. The molecule has 0 aromatic carbocycles. The van der Waals surface area contributed by atoms with Crippen LogP contribution in [0.25, 0.3) is 0 Å². The Morgan fingerprint density at radius 1 is 1.50 bits per heavy atom. The molecule has 8 heteroatoms. The van der Waals surface area contributed by atoms with E-state index in [4.69, 9.17) is 11.5 Å². The number of nitrogens with zero attached hydrogens (tertiary/aromatic N) is 3. The predicted molar refractivity (Wildman–Crippen MR) is 53.3 cm³/mol. The molecule has 1 rings (SSSR count). The van der Waals surface area contributed by atoms with Gasteiger partial charge in [-0.2, -0.15) is 0 Å². The van der Waals surface area contributed by atoms with Gasteiger partial charge in [0.2, 0.25) is 5.91 Å². The molecule has 0 saturated carbocycles. The predicted octanol–water partition coefficient (Wildman–Crippen LogP) is -1.95. The Hall–Kier alpha value is -1.96. The van der Waals surface area contributed by atoms with E-state index in [1.54, 1.807) is 0 Å². The van der Waals surface area contributed by atoms with Crippen molar-refractivity contribution in [3.8, 4) is 0 Å². The Bertz CT molecular complexity index is 400. The first-order valence-corrected chi connectivity index (χ1v) is 4.59. The minimum atomic E-state index is -0.612. The lowest BCUT2D eigenvalue weighted by Crippen LogP contribution is -2.22. The second kappa shape index (κ2) is 5.21. The molecule has 0 fully saturated rings. The molecule has 0 bridgehead atoms. The SMILES string of the molecule is COC(=O)c1nnn(CC(N)=O)c1CCN. The van der Waals surface area contributed by atoms with Gasteiger partial charge in [-0.25, -0.2) is 9.48 Å². The van der Waals surface area contributed by atoms with Gasteiger partial charge in [-0.05, 0) is 6.54 Å². The number of hydrogen-bond donors (Lipinski definition) is 2. The highest BCUT2D eigenvalue weighted by molar-refractivity contribution is 5.88. The minimum absolute atomic E-state index is 0.0641. The van der Waals surface area contributed by atoms with Crippen LogP contribution in [0.5, 0.6) is 0 Å². The first kappa shape index (κ1) is 12.1. The second-order valence-corrected chi connectivity index (χ2v) is 3.04. The molecule has 0 atom stereocenters. The van der Waals surface area contributed by atoms with Gasteiger partial charge in [0.25, 0.3) is 0 Å². The van der Waals surface area contributed by atoms with Crippen LogP contribution < -0.4 is 11.5 Å². The molecule has 1 heterocycles. The summed E-state index contributed by atoms with van der Waals surface area (Å²) in [4.78, 5) is 22.1. The zero-order valence-corrected chi connectivity index (χ0v) is 8.84. The van der Waals surface area contributed by atoms with E-state index in [0.717, 1.165) is 0 Å². The summed E-state index contributed by atoms with van der Waals surface area (Å²) >= 11 is 0. The summed E-state index contributed by atoms with van der Waals surface area (Å²) in [7, 11) is 1.24. The van der Waals surface area contributed by atoms with Crippen LogP contribution in [0, 0.1) is 0 Å². The van der Waals surface area contributed by atoms with Crippen molar-refractivity contribution in [2.75, 3.05) is 13.7 Å². The molecule has 1 amide bonds. The molecule has 0 radical (unpaired) electrons. The lowest BCUT2D eigenvalue weighted by molar-refractivity contribution is -0.118. The van der Waals surface area contributed by atoms with Crippen molar-refractivity contribution in [1.29, 1.82) is 0 Å². The summed E-state index contributed by atoms with van der Waals surface area (Å²) in [5.41, 5.74) is 10.9. The zero-order chi connectivity index (χ0) is 12.1. The first-order chi connectivity index (χ1) is 7.60. The van der Waals surface area contributed by atoms with Gasteiger partial charge in [-0.15, -0.1) is 5.10 Å². The van der Waals surface area contributed by atoms with E-state index in [2.05, 4.69) is 15.0 Å². The van der Waals surface area contributed by atoms with Gasteiger partial charge in [-0.3, -0.25) is 4.79 Å². The number of esters is 1. The monoisotopic (exact) mass is 227 g/mol. The molecule has 1 aromatic heterocycles. The molecule has 1 aromatic rings. The third kappa shape index (κ3) is 2.54. The highest BCUT2D eigenvalue weighted by Gasteiger charge is 2.20. The van der Waals surface area contributed by atoms with Gasteiger partial charge in [0, 0.05) is 6.42 Å². The number of ether oxygens (including phenoxy) is 1. The van der Waals surface area contributed by atoms with Crippen molar-refractivity contribution in [3.05, 3.63) is 11.4 Å². The summed E-state index contributed by atoms with van der Waals surface area (Å²) in [6.45, 7) is 0.162. The molecule has 0 aliphatic carbocycles. The molecule has 0 saturated heterocycles. The quantitative estimate of drug-likeness (QED) is 0.563. The number of methoxy groups -OCH3 is 1. The van der Waals surface area contributed by atoms with Gasteiger partial charge in [0.1, 0.15) is 6.54 Å². The number of amides is 1. The van der Waals surface area contributed by atoms with Gasteiger partial charge in [0.05, 0.1) is 12.8 Å². The van der Waals surface area contributed by atoms with Gasteiger partial charge >= 0.3 is 5.97 Å². The number of carbonyl (C=O) groups excluding carboxylic acids is 2. The van der Waals surface area contributed by atoms with Crippen molar-refractivity contribution in [3.63, 3.8) is 0 Å². The standard InChI is InChI=1S/C8H13N5O3/c1-16-8(15)7-5(2-3-9)13(12-11-7)4-6(10)14/h2-4,9H2,1H3,(H2,10,14). The van der Waals surface area contributed by atoms with E-state index in [9.17, 15) is 9.59 Å². The lowest BCUT2D eigenvalue weighted by Gasteiger charge is -2.03. The van der Waals surface area contributed by atoms with Gasteiger partial charge < -0.3 is 16.2 Å². The Kier molecular flexibility index (Phi) is 3.95. The van der Waals surface area contributed by atoms with Crippen LogP contribution in [0.3, 0.4) is 0 Å². The summed E-state index contributed by atoms with van der Waals surface area (Å²) < 4.78 is 5.78. The van der Waals surface area contributed by atoms with Gasteiger partial charge in [-0.1, -0.05) is 5.21 Å². The van der Waals surface area contributed by atoms with Crippen LogP contribution in [0.4, 0.5) is 0 Å². The maximum absolute atomic E-state index is 11.3. The molecule has 0 aliphatic rings. The zero-order valence-electron chi connectivity index (χ0n) is 8.84. The number of aromatic nitrogens is 3. The fraction of sp³-hybridized carbons (Fsp3) is 0.500. The summed E-state index contributed by atoms with van der Waals surface area (Å²) in [6, 6.07) is 0. The highest BCUT2D eigenvalue weighted by Crippen LogP contribution is 2.07. The van der Waals surface area contributed by atoms with E-state index in [-0.39, 0.29) is 12.2 Å². The van der Waals surface area contributed by atoms with Crippen molar-refractivity contribution < 1.29 is 14.3 Å². The smallest absolute Gasteiger partial charge is 0.360 e. The summed E-state index contributed by atoms with van der Waals surface area (Å²) in [5, 5.41) is 7.29. The van der Waals surface area contributed by atoms with Crippen LogP contribution in [-0.2, 0) is 22.5 Å². The molecule has 8 nitrogen and oxygen atoms in total. The van der Waals surface area contributed by atoms with Crippen molar-refractivity contribution in [2.45, 2.75) is 13.0 Å². The van der Waals surface area contributed by atoms with Crippen molar-refractivity contribution >= 4 is 11.9 Å². The van der Waals surface area contributed by atoms with Crippen LogP contribution in [0.1, 0.15) is 16.2 Å². The summed E-state index contributed by atoms with van der Waals surface area (Å²) in [6.07, 6.45) is 0.366. The van der Waals surface area contributed by atoms with E-state index in [1.165, 1.54) is 11.8 Å². The fourth-order valence-electron chi connectivity index (χ4n) is 1.25. The van der Waals surface area contributed by atoms with Crippen molar-refractivity contribution in [2.24, 2.45) is 11.5 Å². The molecule has 0 aliphatic heterocycles. The Balaban J connectivity index is 3.05. The Morgan fingerprint density at radius 3 is 2.69 bits per heavy atom. The van der Waals surface area contributed by atoms with Crippen LogP contribution in [0.15, 0.2) is 0 Å². The maximum atomic E-state index is 11.3. The normalized spacial score (nSPS) is 10.1. The number of hydrogen-bond acceptors (Lipinski definition) is 6. The first-order valence-electron chi connectivity index (χ1n) is 4.59. The molecule has 4 N–H and O–H groups in total. The average molecular weight is 227 g/mol. The fourth-order valence-corrected chi connectivity index (χ4v) is 1.25. The number of carbonyl (C=O) groups is 2. The van der Waals surface area contributed by atoms with E-state index < -0.39 is 11.9 Å². The second-order valence-electron chi connectivity index (χ2n) is 3.04. The number of primary amides is 1. The third-order valence-electron chi connectivity index (χ3n) is 1.90. The van der Waals surface area contributed by atoms with E-state index in [1.807, 2.05) is 0 Å². The molecule has 88 valence electrons. The minimum Gasteiger partial charge on any atom is -0.464 e. The Labute approximate surface area is 91.5 Å². The van der Waals surface area contributed by atoms with Gasteiger partial charge in [0.15, 0.2) is 5.69 Å². The van der Waals surface area contributed by atoms with E-state index in [0.29, 0.717) is 18.7 Å². The molecular formula is C8H13N5O3. The lowest BCUT2D eigenvalue weighted by atomic mass is 10.2. The van der Waals surface area contributed by atoms with Crippen LogP contribution in [0.2, 0.25) is 0 Å². The van der Waals surface area contributed by atoms with Crippen LogP contribution >= 0.6 is 0 Å². The largest absolute Gasteiger partial charge is 0.464 e. The maximum Gasteiger partial charge on any atom is 0.360 e. The average Bonchev–Trinajstić information content (AvgIpc) is 2.61. The number of rotatable bonds is 5. The molecular weight excluding hydrogens is 214 g/mol. The topological polar surface area (TPSA) is 126 Å².